The second-order valence-corrected chi connectivity index (χ2v) is 4.27. The highest BCUT2D eigenvalue weighted by molar-refractivity contribution is 5.98. The van der Waals surface area contributed by atoms with E-state index >= 15 is 0 Å². The average molecular weight is 232 g/mol. The number of anilines is 1. The molecule has 0 aromatic heterocycles. The summed E-state index contributed by atoms with van der Waals surface area (Å²) < 4.78 is 0. The van der Waals surface area contributed by atoms with Crippen LogP contribution in [0.15, 0.2) is 29.3 Å². The molecule has 1 aliphatic heterocycles. The first-order valence-electron chi connectivity index (χ1n) is 5.46. The van der Waals surface area contributed by atoms with Crippen molar-refractivity contribution in [2.75, 3.05) is 19.0 Å². The number of rotatable bonds is 2. The Morgan fingerprint density at radius 2 is 2.00 bits per heavy atom. The molecule has 1 atom stereocenters. The van der Waals surface area contributed by atoms with E-state index in [9.17, 15) is 4.79 Å². The van der Waals surface area contributed by atoms with E-state index in [2.05, 4.69) is 10.3 Å². The fraction of sp³-hybridized carbons (Fsp3) is 0.333. The lowest BCUT2D eigenvalue weighted by Gasteiger charge is -2.20. The highest BCUT2D eigenvalue weighted by Crippen LogP contribution is 2.25. The first-order valence-corrected chi connectivity index (χ1v) is 5.46. The summed E-state index contributed by atoms with van der Waals surface area (Å²) in [6, 6.07) is 7.81. The summed E-state index contributed by atoms with van der Waals surface area (Å²) in [4.78, 5) is 17.6. The lowest BCUT2D eigenvalue weighted by Crippen LogP contribution is -2.41. The summed E-state index contributed by atoms with van der Waals surface area (Å²) in [5.41, 5.74) is 7.67. The van der Waals surface area contributed by atoms with Crippen molar-refractivity contribution in [2.45, 2.75) is 12.5 Å². The first kappa shape index (κ1) is 11.4. The Balaban J connectivity index is 2.23. The van der Waals surface area contributed by atoms with E-state index in [0.717, 1.165) is 11.3 Å². The molecule has 0 fully saturated rings. The maximum atomic E-state index is 11.4. The summed E-state index contributed by atoms with van der Waals surface area (Å²) in [6.45, 7) is 0. The number of nitrogens with one attached hydrogen (secondary N) is 1. The van der Waals surface area contributed by atoms with Gasteiger partial charge in [0.25, 0.3) is 0 Å². The van der Waals surface area contributed by atoms with E-state index in [4.69, 9.17) is 5.73 Å². The topological polar surface area (TPSA) is 70.7 Å². The van der Waals surface area contributed by atoms with Crippen LogP contribution in [0.1, 0.15) is 18.0 Å². The van der Waals surface area contributed by atoms with Crippen molar-refractivity contribution in [3.8, 4) is 0 Å². The lowest BCUT2D eigenvalue weighted by molar-refractivity contribution is -0.120. The number of aliphatic imine (C=N–C) groups is 1. The molecule has 90 valence electrons. The van der Waals surface area contributed by atoms with Gasteiger partial charge in [0, 0.05) is 19.8 Å². The van der Waals surface area contributed by atoms with Crippen molar-refractivity contribution in [1.82, 2.24) is 5.32 Å². The molecule has 1 aromatic rings. The number of nitrogens with two attached hydrogens (primary N) is 1. The largest absolute Gasteiger partial charge is 0.378 e. The predicted molar refractivity (Wildman–Crippen MR) is 67.9 cm³/mol. The molecule has 0 bridgehead atoms. The SMILES string of the molecule is CN(C)c1ccc([C@H]2CC(=O)NC(N)=N2)cc1. The molecular formula is C12H16N4O. The Bertz CT molecular complexity index is 450. The fourth-order valence-electron chi connectivity index (χ4n) is 1.80. The van der Waals surface area contributed by atoms with Crippen LogP contribution in [0.25, 0.3) is 0 Å². The Morgan fingerprint density at radius 3 is 2.53 bits per heavy atom. The molecule has 0 radical (unpaired) electrons. The van der Waals surface area contributed by atoms with Crippen LogP contribution in [0.2, 0.25) is 0 Å². The second-order valence-electron chi connectivity index (χ2n) is 4.27. The molecule has 5 nitrogen and oxygen atoms in total. The molecule has 2 rings (SSSR count). The van der Waals surface area contributed by atoms with E-state index < -0.39 is 0 Å². The summed E-state index contributed by atoms with van der Waals surface area (Å²) in [5.74, 6) is 0.113. The van der Waals surface area contributed by atoms with Gasteiger partial charge in [-0.1, -0.05) is 12.1 Å². The van der Waals surface area contributed by atoms with Crippen LogP contribution in [0.3, 0.4) is 0 Å². The van der Waals surface area contributed by atoms with Crippen LogP contribution >= 0.6 is 0 Å². The Hall–Kier alpha value is -2.04. The molecule has 3 N–H and O–H groups in total. The van der Waals surface area contributed by atoms with Gasteiger partial charge in [-0.3, -0.25) is 10.1 Å². The molecular weight excluding hydrogens is 216 g/mol. The quantitative estimate of drug-likeness (QED) is 0.785. The summed E-state index contributed by atoms with van der Waals surface area (Å²) in [7, 11) is 3.97. The van der Waals surface area contributed by atoms with Crippen LogP contribution < -0.4 is 16.0 Å². The van der Waals surface area contributed by atoms with Crippen molar-refractivity contribution in [3.63, 3.8) is 0 Å². The molecule has 1 amide bonds. The number of benzene rings is 1. The molecule has 1 aromatic carbocycles. The molecule has 1 heterocycles. The van der Waals surface area contributed by atoms with Gasteiger partial charge in [-0.05, 0) is 17.7 Å². The van der Waals surface area contributed by atoms with E-state index in [0.29, 0.717) is 6.42 Å². The smallest absolute Gasteiger partial charge is 0.229 e. The first-order chi connectivity index (χ1) is 8.06. The highest BCUT2D eigenvalue weighted by Gasteiger charge is 2.20. The van der Waals surface area contributed by atoms with Crippen LogP contribution in [-0.4, -0.2) is 26.0 Å². The Morgan fingerprint density at radius 1 is 1.35 bits per heavy atom. The van der Waals surface area contributed by atoms with Crippen molar-refractivity contribution in [1.29, 1.82) is 0 Å². The molecule has 17 heavy (non-hydrogen) atoms. The Labute approximate surface area is 100 Å². The lowest BCUT2D eigenvalue weighted by atomic mass is 10.0. The minimum absolute atomic E-state index is 0.0841. The van der Waals surface area contributed by atoms with Crippen molar-refractivity contribution >= 4 is 17.6 Å². The third kappa shape index (κ3) is 2.55. The number of hydrogen-bond donors (Lipinski definition) is 2. The van der Waals surface area contributed by atoms with Gasteiger partial charge in [-0.15, -0.1) is 0 Å². The number of hydrogen-bond acceptors (Lipinski definition) is 4. The van der Waals surface area contributed by atoms with Crippen LogP contribution in [0.5, 0.6) is 0 Å². The third-order valence-electron chi connectivity index (χ3n) is 2.74. The van der Waals surface area contributed by atoms with Gasteiger partial charge in [0.05, 0.1) is 12.5 Å². The highest BCUT2D eigenvalue weighted by atomic mass is 16.1. The van der Waals surface area contributed by atoms with Gasteiger partial charge < -0.3 is 10.6 Å². The van der Waals surface area contributed by atoms with Crippen molar-refractivity contribution < 1.29 is 4.79 Å². The summed E-state index contributed by atoms with van der Waals surface area (Å²) in [6.07, 6.45) is 0.349. The van der Waals surface area contributed by atoms with E-state index in [1.807, 2.05) is 43.3 Å². The summed E-state index contributed by atoms with van der Waals surface area (Å²) in [5, 5.41) is 2.49. The number of nitrogens with zero attached hydrogens (tertiary/aromatic N) is 2. The molecule has 1 aliphatic rings. The maximum Gasteiger partial charge on any atom is 0.229 e. The van der Waals surface area contributed by atoms with Crippen LogP contribution in [-0.2, 0) is 4.79 Å². The number of amides is 1. The second kappa shape index (κ2) is 4.45. The number of guanidine groups is 1. The van der Waals surface area contributed by atoms with E-state index in [-0.39, 0.29) is 17.9 Å². The van der Waals surface area contributed by atoms with E-state index in [1.165, 1.54) is 0 Å². The molecule has 0 unspecified atom stereocenters. The fourth-order valence-corrected chi connectivity index (χ4v) is 1.80. The van der Waals surface area contributed by atoms with Gasteiger partial charge in [0.2, 0.25) is 5.91 Å². The molecule has 0 saturated heterocycles. The molecule has 0 spiro atoms. The van der Waals surface area contributed by atoms with Crippen molar-refractivity contribution in [2.24, 2.45) is 10.7 Å². The zero-order valence-electron chi connectivity index (χ0n) is 9.97. The molecule has 0 saturated carbocycles. The van der Waals surface area contributed by atoms with Gasteiger partial charge in [-0.25, -0.2) is 4.99 Å². The number of carbonyl (C=O) groups is 1. The normalized spacial score (nSPS) is 19.5. The minimum Gasteiger partial charge on any atom is -0.378 e. The van der Waals surface area contributed by atoms with Gasteiger partial charge in [0.1, 0.15) is 0 Å². The molecule has 0 aliphatic carbocycles. The zero-order chi connectivity index (χ0) is 12.4. The molecule has 5 heteroatoms. The van der Waals surface area contributed by atoms with Crippen molar-refractivity contribution in [3.05, 3.63) is 29.8 Å². The third-order valence-corrected chi connectivity index (χ3v) is 2.74. The van der Waals surface area contributed by atoms with Gasteiger partial charge in [-0.2, -0.15) is 0 Å². The van der Waals surface area contributed by atoms with E-state index in [1.54, 1.807) is 0 Å². The predicted octanol–water partition coefficient (Wildman–Crippen LogP) is 0.628. The average Bonchev–Trinajstić information content (AvgIpc) is 2.28. The standard InChI is InChI=1S/C12H16N4O/c1-16(2)9-5-3-8(4-6-9)10-7-11(17)15-12(13)14-10/h3-6,10H,7H2,1-2H3,(H3,13,14,15,17)/t10-/m1/s1. The van der Waals surface area contributed by atoms with Crippen LogP contribution in [0.4, 0.5) is 5.69 Å². The maximum absolute atomic E-state index is 11.4. The summed E-state index contributed by atoms with van der Waals surface area (Å²) >= 11 is 0. The van der Waals surface area contributed by atoms with Gasteiger partial charge >= 0.3 is 0 Å². The van der Waals surface area contributed by atoms with Gasteiger partial charge in [0.15, 0.2) is 5.96 Å². The minimum atomic E-state index is -0.167. The monoisotopic (exact) mass is 232 g/mol. The number of carbonyl (C=O) groups excluding carboxylic acids is 1. The van der Waals surface area contributed by atoms with Crippen LogP contribution in [0, 0.1) is 0 Å². The zero-order valence-corrected chi connectivity index (χ0v) is 9.97. The Kier molecular flexibility index (Phi) is 2.99.